The van der Waals surface area contributed by atoms with Crippen LogP contribution in [0.1, 0.15) is 16.6 Å². The van der Waals surface area contributed by atoms with E-state index in [4.69, 9.17) is 0 Å². The Morgan fingerprint density at radius 1 is 1.43 bits per heavy atom. The molecule has 0 fully saturated rings. The molecule has 5 nitrogen and oxygen atoms in total. The van der Waals surface area contributed by atoms with Crippen LogP contribution in [0.15, 0.2) is 17.5 Å². The number of ether oxygens (including phenoxy) is 1. The van der Waals surface area contributed by atoms with Gasteiger partial charge in [-0.2, -0.15) is 13.2 Å². The molecule has 0 bridgehead atoms. The smallest absolute Gasteiger partial charge is 0.370 e. The van der Waals surface area contributed by atoms with E-state index < -0.39 is 24.7 Å². The summed E-state index contributed by atoms with van der Waals surface area (Å²) in [4.78, 5) is 23.8. The van der Waals surface area contributed by atoms with Crippen molar-refractivity contribution in [2.24, 2.45) is 0 Å². The number of nitrogens with one attached hydrogen (secondary N) is 2. The zero-order chi connectivity index (χ0) is 15.9. The molecule has 9 heteroatoms. The molecule has 0 spiro atoms. The van der Waals surface area contributed by atoms with Crippen molar-refractivity contribution < 1.29 is 27.5 Å². The number of hydrogen-bond acceptors (Lipinski definition) is 4. The van der Waals surface area contributed by atoms with Crippen LogP contribution in [0.25, 0.3) is 0 Å². The van der Waals surface area contributed by atoms with E-state index in [0.717, 1.165) is 0 Å². The third kappa shape index (κ3) is 7.09. The van der Waals surface area contributed by atoms with Crippen LogP contribution in [-0.2, 0) is 9.53 Å². The Bertz CT molecular complexity index is 463. The molecule has 1 aromatic rings. The molecule has 0 radical (unpaired) electrons. The van der Waals surface area contributed by atoms with E-state index in [1.807, 2.05) is 0 Å². The third-order valence-electron chi connectivity index (χ3n) is 2.30. The first-order chi connectivity index (χ1) is 9.79. The number of rotatable bonds is 7. The fourth-order valence-electron chi connectivity index (χ4n) is 1.33. The number of carbonyl (C=O) groups excluding carboxylic acids is 2. The Balaban J connectivity index is 2.21. The van der Waals surface area contributed by atoms with Gasteiger partial charge in [-0.15, -0.1) is 11.3 Å². The van der Waals surface area contributed by atoms with Crippen LogP contribution in [0, 0.1) is 0 Å². The number of halogens is 3. The molecule has 1 unspecified atom stereocenters. The molecule has 0 saturated heterocycles. The van der Waals surface area contributed by atoms with Gasteiger partial charge in [-0.05, 0) is 18.4 Å². The quantitative estimate of drug-likeness (QED) is 0.748. The second-order valence-electron chi connectivity index (χ2n) is 4.13. The van der Waals surface area contributed by atoms with Crippen LogP contribution in [0.3, 0.4) is 0 Å². The first-order valence-corrected chi connectivity index (χ1v) is 6.94. The standard InChI is InChI=1S/C12H15F3N2O3S/c1-8(17-11(19)9-3-2-6-21-9)10(18)16-4-5-20-7-12(13,14)15/h2-3,6,8H,4-5,7H2,1H3,(H,16,18)(H,17,19). The zero-order valence-corrected chi connectivity index (χ0v) is 12.0. The maximum Gasteiger partial charge on any atom is 0.411 e. The van der Waals surface area contributed by atoms with Gasteiger partial charge in [0.1, 0.15) is 12.6 Å². The Kier molecular flexibility index (Phi) is 6.63. The van der Waals surface area contributed by atoms with Gasteiger partial charge < -0.3 is 15.4 Å². The average Bonchev–Trinajstić information content (AvgIpc) is 2.90. The van der Waals surface area contributed by atoms with Crippen LogP contribution in [-0.4, -0.2) is 43.8 Å². The highest BCUT2D eigenvalue weighted by Crippen LogP contribution is 2.13. The van der Waals surface area contributed by atoms with Gasteiger partial charge in [-0.1, -0.05) is 6.07 Å². The number of thiophene rings is 1. The molecule has 2 N–H and O–H groups in total. The maximum absolute atomic E-state index is 11.8. The lowest BCUT2D eigenvalue weighted by molar-refractivity contribution is -0.173. The van der Waals surface area contributed by atoms with Crippen molar-refractivity contribution >= 4 is 23.2 Å². The lowest BCUT2D eigenvalue weighted by Crippen LogP contribution is -2.45. The number of amides is 2. The molecule has 1 rings (SSSR count). The van der Waals surface area contributed by atoms with Crippen LogP contribution in [0.2, 0.25) is 0 Å². The Morgan fingerprint density at radius 2 is 2.14 bits per heavy atom. The molecule has 1 aromatic heterocycles. The van der Waals surface area contributed by atoms with Gasteiger partial charge in [0, 0.05) is 6.54 Å². The summed E-state index contributed by atoms with van der Waals surface area (Å²) >= 11 is 1.24. The van der Waals surface area contributed by atoms with E-state index in [0.29, 0.717) is 4.88 Å². The summed E-state index contributed by atoms with van der Waals surface area (Å²) in [6, 6.07) is 2.54. The van der Waals surface area contributed by atoms with Crippen molar-refractivity contribution in [3.05, 3.63) is 22.4 Å². The van der Waals surface area contributed by atoms with Gasteiger partial charge >= 0.3 is 6.18 Å². The van der Waals surface area contributed by atoms with E-state index in [1.165, 1.54) is 18.3 Å². The highest BCUT2D eigenvalue weighted by Gasteiger charge is 2.27. The highest BCUT2D eigenvalue weighted by molar-refractivity contribution is 7.12. The van der Waals surface area contributed by atoms with E-state index in [9.17, 15) is 22.8 Å². The Morgan fingerprint density at radius 3 is 2.71 bits per heavy atom. The molecule has 2 amide bonds. The minimum Gasteiger partial charge on any atom is -0.370 e. The van der Waals surface area contributed by atoms with Crippen molar-refractivity contribution in [1.29, 1.82) is 0 Å². The second kappa shape index (κ2) is 7.99. The first-order valence-electron chi connectivity index (χ1n) is 6.06. The number of hydrogen-bond donors (Lipinski definition) is 2. The molecule has 0 saturated carbocycles. The van der Waals surface area contributed by atoms with Crippen molar-refractivity contribution in [2.75, 3.05) is 19.8 Å². The van der Waals surface area contributed by atoms with E-state index in [-0.39, 0.29) is 19.1 Å². The second-order valence-corrected chi connectivity index (χ2v) is 5.08. The molecule has 1 atom stereocenters. The fourth-order valence-corrected chi connectivity index (χ4v) is 1.96. The van der Waals surface area contributed by atoms with E-state index >= 15 is 0 Å². The molecule has 0 aliphatic carbocycles. The van der Waals surface area contributed by atoms with Gasteiger partial charge in [0.25, 0.3) is 5.91 Å². The zero-order valence-electron chi connectivity index (χ0n) is 11.2. The third-order valence-corrected chi connectivity index (χ3v) is 3.17. The minimum atomic E-state index is -4.38. The molecular formula is C12H15F3N2O3S. The summed E-state index contributed by atoms with van der Waals surface area (Å²) in [6.45, 7) is -0.185. The molecule has 0 aliphatic rings. The predicted molar refractivity (Wildman–Crippen MR) is 71.1 cm³/mol. The van der Waals surface area contributed by atoms with Crippen molar-refractivity contribution in [2.45, 2.75) is 19.1 Å². The Labute approximate surface area is 123 Å². The largest absolute Gasteiger partial charge is 0.411 e. The molecule has 1 heterocycles. The molecule has 21 heavy (non-hydrogen) atoms. The topological polar surface area (TPSA) is 67.4 Å². The summed E-state index contributed by atoms with van der Waals surface area (Å²) in [7, 11) is 0. The van der Waals surface area contributed by atoms with Gasteiger partial charge in [0.2, 0.25) is 5.91 Å². The summed E-state index contributed by atoms with van der Waals surface area (Å²) in [6.07, 6.45) is -4.38. The number of carbonyl (C=O) groups is 2. The predicted octanol–water partition coefficient (Wildman–Crippen LogP) is 1.56. The van der Waals surface area contributed by atoms with Crippen molar-refractivity contribution in [1.82, 2.24) is 10.6 Å². The summed E-state index contributed by atoms with van der Waals surface area (Å²) in [5.74, 6) is -0.864. The van der Waals surface area contributed by atoms with Crippen LogP contribution < -0.4 is 10.6 Å². The molecule has 118 valence electrons. The average molecular weight is 324 g/mol. The molecule has 0 aromatic carbocycles. The molecular weight excluding hydrogens is 309 g/mol. The highest BCUT2D eigenvalue weighted by atomic mass is 32.1. The maximum atomic E-state index is 11.8. The van der Waals surface area contributed by atoms with E-state index in [2.05, 4.69) is 15.4 Å². The minimum absolute atomic E-state index is 0.0614. The monoisotopic (exact) mass is 324 g/mol. The summed E-state index contributed by atoms with van der Waals surface area (Å²) in [5, 5.41) is 6.60. The van der Waals surface area contributed by atoms with Gasteiger partial charge in [0.05, 0.1) is 11.5 Å². The lowest BCUT2D eigenvalue weighted by Gasteiger charge is -2.14. The van der Waals surface area contributed by atoms with Crippen molar-refractivity contribution in [3.63, 3.8) is 0 Å². The van der Waals surface area contributed by atoms with Crippen LogP contribution >= 0.6 is 11.3 Å². The summed E-state index contributed by atoms with van der Waals surface area (Å²) < 4.78 is 39.7. The van der Waals surface area contributed by atoms with Crippen LogP contribution in [0.4, 0.5) is 13.2 Å². The van der Waals surface area contributed by atoms with Crippen molar-refractivity contribution in [3.8, 4) is 0 Å². The van der Waals surface area contributed by atoms with Gasteiger partial charge in [-0.25, -0.2) is 0 Å². The number of alkyl halides is 3. The normalized spacial score (nSPS) is 12.8. The molecule has 0 aliphatic heterocycles. The van der Waals surface area contributed by atoms with Gasteiger partial charge in [0.15, 0.2) is 0 Å². The SMILES string of the molecule is CC(NC(=O)c1cccs1)C(=O)NCCOCC(F)(F)F. The first kappa shape index (κ1) is 17.4. The van der Waals surface area contributed by atoms with Gasteiger partial charge in [-0.3, -0.25) is 9.59 Å². The van der Waals surface area contributed by atoms with Crippen LogP contribution in [0.5, 0.6) is 0 Å². The lowest BCUT2D eigenvalue weighted by atomic mass is 10.3. The fraction of sp³-hybridized carbons (Fsp3) is 0.500. The summed E-state index contributed by atoms with van der Waals surface area (Å²) in [5.41, 5.74) is 0. The van der Waals surface area contributed by atoms with E-state index in [1.54, 1.807) is 17.5 Å². The Hall–Kier alpha value is -1.61.